The lowest BCUT2D eigenvalue weighted by atomic mass is 9.95. The maximum absolute atomic E-state index is 12.6. The van der Waals surface area contributed by atoms with Gasteiger partial charge in [0.2, 0.25) is 15.9 Å². The molecule has 0 aliphatic carbocycles. The van der Waals surface area contributed by atoms with E-state index in [2.05, 4.69) is 5.32 Å². The van der Waals surface area contributed by atoms with Crippen molar-refractivity contribution in [1.29, 1.82) is 0 Å². The van der Waals surface area contributed by atoms with E-state index in [1.165, 1.54) is 12.1 Å². The molecule has 0 bridgehead atoms. The third-order valence-electron chi connectivity index (χ3n) is 3.71. The number of carbonyl (C=O) groups excluding carboxylic acids is 1. The molecule has 1 aliphatic heterocycles. The van der Waals surface area contributed by atoms with Gasteiger partial charge in [-0.15, -0.1) is 11.8 Å². The predicted octanol–water partition coefficient (Wildman–Crippen LogP) is 2.55. The van der Waals surface area contributed by atoms with E-state index >= 15 is 0 Å². The molecule has 5 nitrogen and oxygen atoms in total. The normalized spacial score (nSPS) is 17.3. The minimum Gasteiger partial charge on any atom is -0.326 e. The summed E-state index contributed by atoms with van der Waals surface area (Å²) in [5.74, 6) is 0.515. The Kier molecular flexibility index (Phi) is 4.43. The van der Waals surface area contributed by atoms with Gasteiger partial charge in [-0.1, -0.05) is 24.3 Å². The third kappa shape index (κ3) is 3.57. The third-order valence-corrected chi connectivity index (χ3v) is 5.74. The Hall–Kier alpha value is -1.83. The Labute approximate surface area is 139 Å². The topological polar surface area (TPSA) is 89.3 Å². The largest absolute Gasteiger partial charge is 0.326 e. The lowest BCUT2D eigenvalue weighted by Crippen LogP contribution is -2.24. The summed E-state index contributed by atoms with van der Waals surface area (Å²) in [6.07, 6.45) is 0.752. The lowest BCUT2D eigenvalue weighted by molar-refractivity contribution is -0.117. The van der Waals surface area contributed by atoms with Crippen LogP contribution in [0.1, 0.15) is 17.9 Å². The number of nitrogens with one attached hydrogen (secondary N) is 1. The van der Waals surface area contributed by atoms with E-state index in [-0.39, 0.29) is 16.7 Å². The molecule has 120 valence electrons. The van der Waals surface area contributed by atoms with Crippen molar-refractivity contribution < 1.29 is 13.2 Å². The van der Waals surface area contributed by atoms with Crippen LogP contribution in [-0.2, 0) is 14.8 Å². The van der Waals surface area contributed by atoms with Crippen molar-refractivity contribution in [1.82, 2.24) is 0 Å². The quantitative estimate of drug-likeness (QED) is 0.892. The van der Waals surface area contributed by atoms with Crippen molar-refractivity contribution in [2.24, 2.45) is 5.14 Å². The number of anilines is 1. The Morgan fingerprint density at radius 3 is 2.74 bits per heavy atom. The van der Waals surface area contributed by atoms with Gasteiger partial charge in [0.05, 0.1) is 10.8 Å². The first-order valence-corrected chi connectivity index (χ1v) is 9.64. The van der Waals surface area contributed by atoms with Crippen LogP contribution in [0.15, 0.2) is 58.3 Å². The summed E-state index contributed by atoms with van der Waals surface area (Å²) in [5.41, 5.74) is 1.45. The Morgan fingerprint density at radius 1 is 1.17 bits per heavy atom. The van der Waals surface area contributed by atoms with Gasteiger partial charge in [0, 0.05) is 10.6 Å². The predicted molar refractivity (Wildman–Crippen MR) is 91.0 cm³/mol. The van der Waals surface area contributed by atoms with Crippen LogP contribution in [-0.4, -0.2) is 20.1 Å². The summed E-state index contributed by atoms with van der Waals surface area (Å²) >= 11 is 1.75. The van der Waals surface area contributed by atoms with Gasteiger partial charge in [-0.3, -0.25) is 4.79 Å². The number of hydrogen-bond acceptors (Lipinski definition) is 4. The zero-order valence-electron chi connectivity index (χ0n) is 12.2. The maximum Gasteiger partial charge on any atom is 0.238 e. The van der Waals surface area contributed by atoms with Crippen LogP contribution in [0.3, 0.4) is 0 Å². The molecule has 0 aromatic heterocycles. The van der Waals surface area contributed by atoms with Crippen LogP contribution in [0, 0.1) is 0 Å². The molecule has 23 heavy (non-hydrogen) atoms. The minimum atomic E-state index is -3.79. The molecule has 0 radical (unpaired) electrons. The number of primary sulfonamides is 1. The summed E-state index contributed by atoms with van der Waals surface area (Å²) < 4.78 is 22.8. The number of carbonyl (C=O) groups is 1. The van der Waals surface area contributed by atoms with E-state index in [0.717, 1.165) is 22.6 Å². The highest BCUT2D eigenvalue weighted by Crippen LogP contribution is 2.37. The highest BCUT2D eigenvalue weighted by atomic mass is 32.2. The van der Waals surface area contributed by atoms with Crippen LogP contribution in [0.4, 0.5) is 5.69 Å². The molecule has 3 N–H and O–H groups in total. The lowest BCUT2D eigenvalue weighted by Gasteiger charge is -2.24. The zero-order valence-corrected chi connectivity index (χ0v) is 13.9. The summed E-state index contributed by atoms with van der Waals surface area (Å²) in [6, 6.07) is 13.8. The fraction of sp³-hybridized carbons (Fsp3) is 0.188. The highest BCUT2D eigenvalue weighted by molar-refractivity contribution is 7.99. The molecule has 1 heterocycles. The van der Waals surface area contributed by atoms with Gasteiger partial charge in [-0.25, -0.2) is 13.6 Å². The second-order valence-electron chi connectivity index (χ2n) is 5.29. The number of fused-ring (bicyclic) bond motifs is 1. The van der Waals surface area contributed by atoms with Crippen molar-refractivity contribution >= 4 is 33.4 Å². The summed E-state index contributed by atoms with van der Waals surface area (Å²) in [6.45, 7) is 0. The first-order valence-electron chi connectivity index (χ1n) is 7.10. The average molecular weight is 348 g/mol. The standard InChI is InChI=1S/C16H16N2O3S2/c17-23(20,21)12-5-3-4-11(10-12)18-16(19)14-8-9-22-15-7-2-1-6-13(14)15/h1-7,10,14H,8-9H2,(H,18,19)(H2,17,20,21)/t14-/m0/s1. The average Bonchev–Trinajstić information content (AvgIpc) is 2.53. The monoisotopic (exact) mass is 348 g/mol. The number of thioether (sulfide) groups is 1. The van der Waals surface area contributed by atoms with Gasteiger partial charge in [0.1, 0.15) is 0 Å². The van der Waals surface area contributed by atoms with E-state index < -0.39 is 10.0 Å². The SMILES string of the molecule is NS(=O)(=O)c1cccc(NC(=O)[C@H]2CCSc3ccccc32)c1. The van der Waals surface area contributed by atoms with Crippen molar-refractivity contribution in [3.8, 4) is 0 Å². The number of nitrogens with two attached hydrogens (primary N) is 1. The first-order chi connectivity index (χ1) is 10.9. The number of amides is 1. The van der Waals surface area contributed by atoms with Gasteiger partial charge in [0.25, 0.3) is 0 Å². The van der Waals surface area contributed by atoms with Crippen molar-refractivity contribution in [2.75, 3.05) is 11.1 Å². The Morgan fingerprint density at radius 2 is 1.96 bits per heavy atom. The van der Waals surface area contributed by atoms with Gasteiger partial charge >= 0.3 is 0 Å². The molecule has 3 rings (SSSR count). The second kappa shape index (κ2) is 6.35. The smallest absolute Gasteiger partial charge is 0.238 e. The molecular formula is C16H16N2O3S2. The minimum absolute atomic E-state index is 0.0186. The Balaban J connectivity index is 1.84. The van der Waals surface area contributed by atoms with E-state index in [9.17, 15) is 13.2 Å². The number of rotatable bonds is 3. The molecule has 0 fully saturated rings. The molecule has 1 atom stereocenters. The fourth-order valence-electron chi connectivity index (χ4n) is 2.59. The van der Waals surface area contributed by atoms with E-state index in [0.29, 0.717) is 5.69 Å². The molecule has 0 saturated carbocycles. The number of hydrogen-bond donors (Lipinski definition) is 2. The van der Waals surface area contributed by atoms with E-state index in [1.807, 2.05) is 24.3 Å². The molecule has 0 saturated heterocycles. The summed E-state index contributed by atoms with van der Waals surface area (Å²) in [5, 5.41) is 7.92. The fourth-order valence-corrected chi connectivity index (χ4v) is 4.28. The van der Waals surface area contributed by atoms with Crippen LogP contribution in [0.5, 0.6) is 0 Å². The second-order valence-corrected chi connectivity index (χ2v) is 7.99. The van der Waals surface area contributed by atoms with Crippen molar-refractivity contribution in [3.63, 3.8) is 0 Å². The molecule has 2 aromatic rings. The zero-order chi connectivity index (χ0) is 16.4. The first kappa shape index (κ1) is 16.0. The van der Waals surface area contributed by atoms with Gasteiger partial charge in [0.15, 0.2) is 0 Å². The van der Waals surface area contributed by atoms with Crippen LogP contribution >= 0.6 is 11.8 Å². The van der Waals surface area contributed by atoms with Crippen LogP contribution in [0.25, 0.3) is 0 Å². The number of sulfonamides is 1. The molecule has 2 aromatic carbocycles. The molecule has 7 heteroatoms. The van der Waals surface area contributed by atoms with E-state index in [1.54, 1.807) is 23.9 Å². The van der Waals surface area contributed by atoms with Crippen molar-refractivity contribution in [2.45, 2.75) is 22.1 Å². The van der Waals surface area contributed by atoms with Gasteiger partial charge in [-0.2, -0.15) is 0 Å². The molecule has 1 aliphatic rings. The van der Waals surface area contributed by atoms with Crippen molar-refractivity contribution in [3.05, 3.63) is 54.1 Å². The van der Waals surface area contributed by atoms with Gasteiger partial charge < -0.3 is 5.32 Å². The number of benzene rings is 2. The molecule has 0 unspecified atom stereocenters. The molecule has 1 amide bonds. The molecular weight excluding hydrogens is 332 g/mol. The summed E-state index contributed by atoms with van der Waals surface area (Å²) in [4.78, 5) is 13.7. The maximum atomic E-state index is 12.6. The van der Waals surface area contributed by atoms with Crippen LogP contribution in [0.2, 0.25) is 0 Å². The van der Waals surface area contributed by atoms with Gasteiger partial charge in [-0.05, 0) is 42.0 Å². The molecule has 0 spiro atoms. The Bertz CT molecular complexity index is 850. The van der Waals surface area contributed by atoms with Crippen LogP contribution < -0.4 is 10.5 Å². The van der Waals surface area contributed by atoms with E-state index in [4.69, 9.17) is 5.14 Å². The highest BCUT2D eigenvalue weighted by Gasteiger charge is 2.26. The summed E-state index contributed by atoms with van der Waals surface area (Å²) in [7, 11) is -3.79.